The van der Waals surface area contributed by atoms with E-state index in [4.69, 9.17) is 55.7 Å². The van der Waals surface area contributed by atoms with Crippen LogP contribution in [-0.4, -0.2) is 70.2 Å². The highest BCUT2D eigenvalue weighted by Gasteiger charge is 2.26. The maximum Gasteiger partial charge on any atom is 0.410 e. The number of anilines is 2. The van der Waals surface area contributed by atoms with Crippen LogP contribution in [-0.2, 0) is 16.0 Å². The minimum absolute atomic E-state index is 0.274. The minimum Gasteiger partial charge on any atom is -0.444 e. The summed E-state index contributed by atoms with van der Waals surface area (Å²) in [7, 11) is 0. The Morgan fingerprint density at radius 1 is 0.957 bits per heavy atom. The summed E-state index contributed by atoms with van der Waals surface area (Å²) in [5.41, 5.74) is 3.77. The fourth-order valence-electron chi connectivity index (χ4n) is 5.25. The second-order valence-corrected chi connectivity index (χ2v) is 14.0. The molecule has 0 N–H and O–H groups in total. The number of hydrogen-bond acceptors (Lipinski definition) is 7. The van der Waals surface area contributed by atoms with E-state index >= 15 is 0 Å². The lowest BCUT2D eigenvalue weighted by molar-refractivity contribution is -0.117. The fraction of sp³-hybridized carbons (Fsp3) is 0.353. The lowest BCUT2D eigenvalue weighted by atomic mass is 10.1. The Bertz CT molecular complexity index is 1680. The molecule has 2 aromatic carbocycles. The van der Waals surface area contributed by atoms with E-state index in [-0.39, 0.29) is 6.09 Å². The summed E-state index contributed by atoms with van der Waals surface area (Å²) in [6.07, 6.45) is 2.70. The highest BCUT2D eigenvalue weighted by Crippen LogP contribution is 2.36. The lowest BCUT2D eigenvalue weighted by Gasteiger charge is -2.36. The van der Waals surface area contributed by atoms with Gasteiger partial charge >= 0.3 is 6.09 Å². The van der Waals surface area contributed by atoms with Crippen molar-refractivity contribution in [3.05, 3.63) is 82.5 Å². The largest absolute Gasteiger partial charge is 0.444 e. The molecule has 1 aliphatic heterocycles. The first-order valence-corrected chi connectivity index (χ1v) is 16.8. The van der Waals surface area contributed by atoms with Crippen molar-refractivity contribution in [1.82, 2.24) is 15.0 Å². The molecule has 248 valence electrons. The van der Waals surface area contributed by atoms with Crippen molar-refractivity contribution in [2.45, 2.75) is 44.1 Å². The predicted octanol–water partition coefficient (Wildman–Crippen LogP) is 8.54. The summed E-state index contributed by atoms with van der Waals surface area (Å²) in [5, 5.41) is 5.02. The number of ether oxygens (including phenoxy) is 1. The molecule has 4 aromatic rings. The number of halogens is 4. The Morgan fingerprint density at radius 2 is 1.64 bits per heavy atom. The molecule has 1 fully saturated rings. The molecule has 0 spiro atoms. The van der Waals surface area contributed by atoms with Gasteiger partial charge in [-0.15, -0.1) is 0 Å². The van der Waals surface area contributed by atoms with Crippen molar-refractivity contribution in [1.29, 1.82) is 0 Å². The van der Waals surface area contributed by atoms with Crippen LogP contribution >= 0.6 is 46.4 Å². The Kier molecular flexibility index (Phi) is 11.2. The summed E-state index contributed by atoms with van der Waals surface area (Å²) in [6, 6.07) is 18.7. The second kappa shape index (κ2) is 15.2. The van der Waals surface area contributed by atoms with Gasteiger partial charge in [0.25, 0.3) is 5.91 Å². The molecule has 0 unspecified atom stereocenters. The topological polar surface area (TPSA) is 92.0 Å². The molecule has 2 aromatic heterocycles. The zero-order valence-corrected chi connectivity index (χ0v) is 29.3. The van der Waals surface area contributed by atoms with Crippen LogP contribution in [0.1, 0.15) is 32.8 Å². The van der Waals surface area contributed by atoms with Crippen molar-refractivity contribution in [2.75, 3.05) is 42.5 Å². The Balaban J connectivity index is 1.21. The van der Waals surface area contributed by atoms with Crippen LogP contribution in [0.15, 0.2) is 71.4 Å². The molecule has 1 aliphatic rings. The average Bonchev–Trinajstić information content (AvgIpc) is 3.52. The standard InChI is InChI=1S/C34H35Cl4N5O4/c1-34(2,3)46-33(45)42-18-16-41(17-19-42)23-11-9-22(10-12-23)6-5-15-43(32(44)31(37)38)24-13-14-39-27(20-24)29-21-28(40-47-29)30-25(35)7-4-8-26(30)36/h4,7-14,20-21,31H,5-6,15-19H2,1-3H3. The maximum atomic E-state index is 13.1. The van der Waals surface area contributed by atoms with Crippen molar-refractivity contribution in [2.24, 2.45) is 0 Å². The zero-order chi connectivity index (χ0) is 33.7. The first-order chi connectivity index (χ1) is 22.4. The number of nitrogens with zero attached hydrogens (tertiary/aromatic N) is 5. The van der Waals surface area contributed by atoms with Gasteiger partial charge in [-0.05, 0) is 75.6 Å². The molecular weight excluding hydrogens is 684 g/mol. The van der Waals surface area contributed by atoms with E-state index in [0.29, 0.717) is 64.5 Å². The third kappa shape index (κ3) is 8.90. The number of rotatable bonds is 9. The number of carbonyl (C=O) groups excluding carboxylic acids is 2. The summed E-state index contributed by atoms with van der Waals surface area (Å²) in [5.74, 6) is -0.0580. The van der Waals surface area contributed by atoms with Crippen molar-refractivity contribution in [3.8, 4) is 22.7 Å². The van der Waals surface area contributed by atoms with Crippen LogP contribution in [0, 0.1) is 0 Å². The molecule has 2 amide bonds. The number of pyridine rings is 1. The summed E-state index contributed by atoms with van der Waals surface area (Å²) >= 11 is 24.8. The predicted molar refractivity (Wildman–Crippen MR) is 188 cm³/mol. The van der Waals surface area contributed by atoms with Crippen molar-refractivity contribution >= 4 is 69.8 Å². The number of hydrogen-bond donors (Lipinski definition) is 0. The number of piperazine rings is 1. The Hall–Kier alpha value is -3.50. The van der Waals surface area contributed by atoms with Gasteiger partial charge in [0.1, 0.15) is 17.0 Å². The molecule has 0 radical (unpaired) electrons. The first kappa shape index (κ1) is 34.8. The molecule has 0 aliphatic carbocycles. The number of alkyl halides is 2. The molecular formula is C34H35Cl4N5O4. The smallest absolute Gasteiger partial charge is 0.410 e. The molecule has 47 heavy (non-hydrogen) atoms. The molecule has 3 heterocycles. The van der Waals surface area contributed by atoms with Crippen LogP contribution in [0.3, 0.4) is 0 Å². The summed E-state index contributed by atoms with van der Waals surface area (Å²) in [4.78, 5) is 34.2. The highest BCUT2D eigenvalue weighted by molar-refractivity contribution is 6.54. The van der Waals surface area contributed by atoms with Gasteiger partial charge in [0.05, 0.1) is 10.0 Å². The normalized spacial score (nSPS) is 13.6. The van der Waals surface area contributed by atoms with E-state index < -0.39 is 16.3 Å². The monoisotopic (exact) mass is 717 g/mol. The summed E-state index contributed by atoms with van der Waals surface area (Å²) < 4.78 is 11.1. The van der Waals surface area contributed by atoms with Crippen LogP contribution in [0.2, 0.25) is 10.0 Å². The number of carbonyl (C=O) groups is 2. The molecule has 0 bridgehead atoms. The van der Waals surface area contributed by atoms with Crippen LogP contribution in [0.4, 0.5) is 16.2 Å². The SMILES string of the molecule is CC(C)(C)OC(=O)N1CCN(c2ccc(CCCN(C(=O)C(Cl)Cl)c3ccnc(-c4cc(-c5c(Cl)cccc5Cl)no4)c3)cc2)CC1. The minimum atomic E-state index is -1.24. The molecule has 0 atom stereocenters. The summed E-state index contributed by atoms with van der Waals surface area (Å²) in [6.45, 7) is 8.65. The molecule has 5 rings (SSSR count). The lowest BCUT2D eigenvalue weighted by Crippen LogP contribution is -2.50. The highest BCUT2D eigenvalue weighted by atomic mass is 35.5. The zero-order valence-electron chi connectivity index (χ0n) is 26.3. The van der Waals surface area contributed by atoms with Crippen LogP contribution < -0.4 is 9.80 Å². The van der Waals surface area contributed by atoms with E-state index in [1.807, 2.05) is 20.8 Å². The van der Waals surface area contributed by atoms with Crippen LogP contribution in [0.25, 0.3) is 22.7 Å². The Labute approximate surface area is 294 Å². The second-order valence-electron chi connectivity index (χ2n) is 12.1. The van der Waals surface area contributed by atoms with Gasteiger partial charge in [0.15, 0.2) is 10.6 Å². The molecule has 9 nitrogen and oxygen atoms in total. The maximum absolute atomic E-state index is 13.1. The van der Waals surface area contributed by atoms with E-state index in [0.717, 1.165) is 30.8 Å². The van der Waals surface area contributed by atoms with Gasteiger partial charge in [0, 0.05) is 61.9 Å². The van der Waals surface area contributed by atoms with E-state index in [1.54, 1.807) is 52.4 Å². The first-order valence-electron chi connectivity index (χ1n) is 15.2. The van der Waals surface area contributed by atoms with Gasteiger partial charge in [-0.25, -0.2) is 4.79 Å². The quantitative estimate of drug-likeness (QED) is 0.160. The Morgan fingerprint density at radius 3 is 2.28 bits per heavy atom. The third-order valence-corrected chi connectivity index (χ3v) is 8.57. The van der Waals surface area contributed by atoms with Gasteiger partial charge in [0.2, 0.25) is 0 Å². The number of benzene rings is 2. The van der Waals surface area contributed by atoms with Gasteiger partial charge in [-0.2, -0.15) is 0 Å². The van der Waals surface area contributed by atoms with Crippen molar-refractivity contribution in [3.63, 3.8) is 0 Å². The van der Waals surface area contributed by atoms with Gasteiger partial charge in [-0.1, -0.05) is 69.8 Å². The van der Waals surface area contributed by atoms with Gasteiger partial charge < -0.3 is 24.0 Å². The van der Waals surface area contributed by atoms with E-state index in [2.05, 4.69) is 39.3 Å². The number of aryl methyl sites for hydroxylation is 1. The van der Waals surface area contributed by atoms with E-state index in [1.165, 1.54) is 0 Å². The van der Waals surface area contributed by atoms with Gasteiger partial charge in [-0.3, -0.25) is 9.78 Å². The third-order valence-electron chi connectivity index (χ3n) is 7.57. The van der Waals surface area contributed by atoms with Crippen molar-refractivity contribution < 1.29 is 18.8 Å². The fourth-order valence-corrected chi connectivity index (χ4v) is 6.08. The number of aromatic nitrogens is 2. The van der Waals surface area contributed by atoms with Crippen LogP contribution in [0.5, 0.6) is 0 Å². The number of amides is 2. The molecule has 1 saturated heterocycles. The average molecular weight is 719 g/mol. The molecule has 0 saturated carbocycles. The van der Waals surface area contributed by atoms with E-state index in [9.17, 15) is 9.59 Å². The molecule has 13 heteroatoms.